The Bertz CT molecular complexity index is 387. The zero-order valence-corrected chi connectivity index (χ0v) is 13.0. The summed E-state index contributed by atoms with van der Waals surface area (Å²) in [6.45, 7) is 16.7. The molecule has 19 heavy (non-hydrogen) atoms. The van der Waals surface area contributed by atoms with Crippen molar-refractivity contribution in [3.63, 3.8) is 0 Å². The second-order valence-corrected chi connectivity index (χ2v) is 5.94. The van der Waals surface area contributed by atoms with Crippen LogP contribution in [0.4, 0.5) is 5.69 Å². The van der Waals surface area contributed by atoms with Crippen LogP contribution in [0.2, 0.25) is 0 Å². The number of nitrogens with zero attached hydrogens (tertiary/aromatic N) is 1. The summed E-state index contributed by atoms with van der Waals surface area (Å²) >= 11 is 0. The summed E-state index contributed by atoms with van der Waals surface area (Å²) in [6, 6.07) is 9.24. The van der Waals surface area contributed by atoms with Crippen molar-refractivity contribution in [1.82, 2.24) is 5.32 Å². The lowest BCUT2D eigenvalue weighted by Gasteiger charge is -2.37. The molecule has 0 aliphatic heterocycles. The maximum atomic E-state index is 3.86. The van der Waals surface area contributed by atoms with Gasteiger partial charge in [0.2, 0.25) is 0 Å². The van der Waals surface area contributed by atoms with Gasteiger partial charge in [-0.2, -0.15) is 0 Å². The number of hydrogen-bond donors (Lipinski definition) is 1. The minimum absolute atomic E-state index is 0.100. The molecule has 2 heteroatoms. The van der Waals surface area contributed by atoms with Gasteiger partial charge in [0.15, 0.2) is 0 Å². The van der Waals surface area contributed by atoms with E-state index < -0.39 is 0 Å². The monoisotopic (exact) mass is 260 g/mol. The van der Waals surface area contributed by atoms with Gasteiger partial charge in [0.25, 0.3) is 0 Å². The van der Waals surface area contributed by atoms with Gasteiger partial charge in [0, 0.05) is 23.8 Å². The molecule has 0 saturated heterocycles. The number of benzene rings is 1. The average molecular weight is 260 g/mol. The summed E-state index contributed by atoms with van der Waals surface area (Å²) in [7, 11) is 0. The van der Waals surface area contributed by atoms with Gasteiger partial charge < -0.3 is 10.2 Å². The van der Waals surface area contributed by atoms with Gasteiger partial charge in [-0.3, -0.25) is 0 Å². The van der Waals surface area contributed by atoms with Crippen molar-refractivity contribution in [2.24, 2.45) is 0 Å². The lowest BCUT2D eigenvalue weighted by atomic mass is 10.0. The van der Waals surface area contributed by atoms with Crippen LogP contribution in [0, 0.1) is 0 Å². The van der Waals surface area contributed by atoms with Gasteiger partial charge in [-0.05, 0) is 51.9 Å². The Morgan fingerprint density at radius 1 is 1.26 bits per heavy atom. The van der Waals surface area contributed by atoms with Crippen LogP contribution in [0.3, 0.4) is 0 Å². The van der Waals surface area contributed by atoms with E-state index >= 15 is 0 Å². The Balaban J connectivity index is 2.92. The molecule has 0 saturated carbocycles. The molecule has 0 spiro atoms. The third-order valence-electron chi connectivity index (χ3n) is 3.34. The molecule has 0 aliphatic rings. The van der Waals surface area contributed by atoms with Crippen molar-refractivity contribution in [2.75, 3.05) is 18.0 Å². The number of rotatable bonds is 6. The van der Waals surface area contributed by atoms with Crippen LogP contribution in [0.15, 0.2) is 36.9 Å². The first kappa shape index (κ1) is 15.8. The van der Waals surface area contributed by atoms with Crippen molar-refractivity contribution in [1.29, 1.82) is 0 Å². The molecular weight excluding hydrogens is 232 g/mol. The molecule has 1 aromatic carbocycles. The van der Waals surface area contributed by atoms with Crippen LogP contribution in [-0.4, -0.2) is 18.6 Å². The maximum Gasteiger partial charge on any atom is 0.0373 e. The number of anilines is 1. The second kappa shape index (κ2) is 6.76. The number of nitrogens with one attached hydrogen (secondary N) is 1. The van der Waals surface area contributed by atoms with Crippen molar-refractivity contribution < 1.29 is 0 Å². The SMILES string of the molecule is C=CCN(c1ccc(C(C)NCC)cc1)C(C)(C)C. The zero-order valence-electron chi connectivity index (χ0n) is 13.0. The molecule has 1 atom stereocenters. The molecule has 1 unspecified atom stereocenters. The highest BCUT2D eigenvalue weighted by molar-refractivity contribution is 5.50. The largest absolute Gasteiger partial charge is 0.363 e. The highest BCUT2D eigenvalue weighted by Gasteiger charge is 2.20. The van der Waals surface area contributed by atoms with Gasteiger partial charge in [-0.25, -0.2) is 0 Å². The first-order valence-electron chi connectivity index (χ1n) is 7.12. The Hall–Kier alpha value is -1.28. The smallest absolute Gasteiger partial charge is 0.0373 e. The van der Waals surface area contributed by atoms with Crippen molar-refractivity contribution >= 4 is 5.69 Å². The summed E-state index contributed by atoms with van der Waals surface area (Å²) in [5.74, 6) is 0. The Morgan fingerprint density at radius 2 is 1.84 bits per heavy atom. The van der Waals surface area contributed by atoms with Gasteiger partial charge >= 0.3 is 0 Å². The van der Waals surface area contributed by atoms with Crippen LogP contribution in [0.1, 0.15) is 46.2 Å². The highest BCUT2D eigenvalue weighted by atomic mass is 15.2. The lowest BCUT2D eigenvalue weighted by Crippen LogP contribution is -2.41. The van der Waals surface area contributed by atoms with E-state index in [1.165, 1.54) is 11.3 Å². The van der Waals surface area contributed by atoms with Crippen LogP contribution in [0.25, 0.3) is 0 Å². The summed E-state index contributed by atoms with van der Waals surface area (Å²) in [5, 5.41) is 3.44. The molecule has 106 valence electrons. The quantitative estimate of drug-likeness (QED) is 0.773. The fraction of sp³-hybridized carbons (Fsp3) is 0.529. The third kappa shape index (κ3) is 4.39. The van der Waals surface area contributed by atoms with Crippen LogP contribution >= 0.6 is 0 Å². The van der Waals surface area contributed by atoms with E-state index in [2.05, 4.69) is 75.7 Å². The van der Waals surface area contributed by atoms with E-state index in [0.29, 0.717) is 6.04 Å². The molecular formula is C17H28N2. The fourth-order valence-electron chi connectivity index (χ4n) is 2.26. The minimum atomic E-state index is 0.100. The predicted octanol–water partition coefficient (Wildman–Crippen LogP) is 4.15. The predicted molar refractivity (Wildman–Crippen MR) is 85.8 cm³/mol. The third-order valence-corrected chi connectivity index (χ3v) is 3.34. The van der Waals surface area contributed by atoms with Gasteiger partial charge in [-0.15, -0.1) is 6.58 Å². The minimum Gasteiger partial charge on any atom is -0.363 e. The first-order valence-corrected chi connectivity index (χ1v) is 7.12. The molecule has 0 fully saturated rings. The van der Waals surface area contributed by atoms with Gasteiger partial charge in [0.1, 0.15) is 0 Å². The summed E-state index contributed by atoms with van der Waals surface area (Å²) in [4.78, 5) is 2.36. The van der Waals surface area contributed by atoms with E-state index in [-0.39, 0.29) is 5.54 Å². The van der Waals surface area contributed by atoms with Crippen LogP contribution < -0.4 is 10.2 Å². The molecule has 0 aliphatic carbocycles. The molecule has 0 bridgehead atoms. The topological polar surface area (TPSA) is 15.3 Å². The fourth-order valence-corrected chi connectivity index (χ4v) is 2.26. The van der Waals surface area contributed by atoms with Crippen molar-refractivity contribution in [3.05, 3.63) is 42.5 Å². The average Bonchev–Trinajstić information content (AvgIpc) is 2.35. The summed E-state index contributed by atoms with van der Waals surface area (Å²) < 4.78 is 0. The molecule has 1 N–H and O–H groups in total. The van der Waals surface area contributed by atoms with Crippen LogP contribution in [-0.2, 0) is 0 Å². The summed E-state index contributed by atoms with van der Waals surface area (Å²) in [6.07, 6.45) is 1.96. The molecule has 0 amide bonds. The summed E-state index contributed by atoms with van der Waals surface area (Å²) in [5.41, 5.74) is 2.68. The van der Waals surface area contributed by atoms with E-state index in [1.54, 1.807) is 0 Å². The molecule has 1 rings (SSSR count). The Morgan fingerprint density at radius 3 is 2.26 bits per heavy atom. The molecule has 1 aromatic rings. The second-order valence-electron chi connectivity index (χ2n) is 5.94. The van der Waals surface area contributed by atoms with Crippen molar-refractivity contribution in [3.8, 4) is 0 Å². The van der Waals surface area contributed by atoms with Crippen LogP contribution in [0.5, 0.6) is 0 Å². The van der Waals surface area contributed by atoms with E-state index in [0.717, 1.165) is 13.1 Å². The zero-order chi connectivity index (χ0) is 14.5. The first-order chi connectivity index (χ1) is 8.90. The maximum absolute atomic E-state index is 3.86. The Labute approximate surface area is 118 Å². The molecule has 0 heterocycles. The highest BCUT2D eigenvalue weighted by Crippen LogP contribution is 2.25. The molecule has 0 aromatic heterocycles. The van der Waals surface area contributed by atoms with Crippen molar-refractivity contribution in [2.45, 2.75) is 46.2 Å². The Kier molecular flexibility index (Phi) is 5.61. The van der Waals surface area contributed by atoms with Gasteiger partial charge in [-0.1, -0.05) is 25.1 Å². The van der Waals surface area contributed by atoms with E-state index in [1.807, 2.05) is 6.08 Å². The normalized spacial score (nSPS) is 13.1. The van der Waals surface area contributed by atoms with E-state index in [9.17, 15) is 0 Å². The molecule has 2 nitrogen and oxygen atoms in total. The number of hydrogen-bond acceptors (Lipinski definition) is 2. The van der Waals surface area contributed by atoms with E-state index in [4.69, 9.17) is 0 Å². The lowest BCUT2D eigenvalue weighted by molar-refractivity contribution is 0.522. The standard InChI is InChI=1S/C17H28N2/c1-7-13-19(17(4,5)6)16-11-9-15(10-12-16)14(3)18-8-2/h7,9-12,14,18H,1,8,13H2,2-6H3. The molecule has 0 radical (unpaired) electrons. The van der Waals surface area contributed by atoms with Gasteiger partial charge in [0.05, 0.1) is 0 Å².